The molecular formula is C31H39N9O. The van der Waals surface area contributed by atoms with Crippen molar-refractivity contribution in [2.24, 2.45) is 0 Å². The van der Waals surface area contributed by atoms with Gasteiger partial charge in [-0.1, -0.05) is 18.9 Å². The zero-order valence-corrected chi connectivity index (χ0v) is 23.9. The molecule has 3 N–H and O–H groups in total. The number of fused-ring (bicyclic) bond motifs is 1. The van der Waals surface area contributed by atoms with Crippen molar-refractivity contribution in [2.75, 3.05) is 24.3 Å². The number of aromatic amines is 1. The lowest BCUT2D eigenvalue weighted by molar-refractivity contribution is 0.166. The Morgan fingerprint density at radius 2 is 1.73 bits per heavy atom. The number of anilines is 3. The van der Waals surface area contributed by atoms with Crippen LogP contribution < -0.4 is 15.5 Å². The Balaban J connectivity index is 0.992. The molecule has 0 saturated heterocycles. The van der Waals surface area contributed by atoms with E-state index in [1.54, 1.807) is 6.20 Å². The van der Waals surface area contributed by atoms with Gasteiger partial charge in [-0.2, -0.15) is 15.3 Å². The van der Waals surface area contributed by atoms with Crippen LogP contribution in [0.4, 0.5) is 22.4 Å². The second-order valence-electron chi connectivity index (χ2n) is 11.9. The lowest BCUT2D eigenvalue weighted by Gasteiger charge is -2.38. The smallest absolute Gasteiger partial charge is 0.317 e. The highest BCUT2D eigenvalue weighted by molar-refractivity contribution is 5.75. The first kappa shape index (κ1) is 27.1. The third kappa shape index (κ3) is 5.99. The quantitative estimate of drug-likeness (QED) is 0.375. The summed E-state index contributed by atoms with van der Waals surface area (Å²) < 4.78 is 0. The van der Waals surface area contributed by atoms with Crippen LogP contribution in [0.25, 0.3) is 0 Å². The van der Waals surface area contributed by atoms with E-state index >= 15 is 0 Å². The second-order valence-corrected chi connectivity index (χ2v) is 11.9. The predicted octanol–water partition coefficient (Wildman–Crippen LogP) is 5.03. The number of carbonyl (C=O) groups excluding carboxylic acids is 1. The van der Waals surface area contributed by atoms with Gasteiger partial charge in [0.25, 0.3) is 0 Å². The van der Waals surface area contributed by atoms with Gasteiger partial charge in [0, 0.05) is 56.1 Å². The summed E-state index contributed by atoms with van der Waals surface area (Å²) >= 11 is 0. The summed E-state index contributed by atoms with van der Waals surface area (Å²) in [6.45, 7) is 0. The molecule has 2 amide bonds. The SMILES string of the molecule is CN(C(=O)NC1Cc2ccc(C#N)cc2C1)C1CCC(N(C)c2nccc(Nc3cc(C4CCCC4)[nH]n3)n2)CC1. The predicted molar refractivity (Wildman–Crippen MR) is 158 cm³/mol. The molecule has 3 aliphatic rings. The fraction of sp³-hybridized carbons (Fsp3) is 0.516. The molecule has 3 aliphatic carbocycles. The van der Waals surface area contributed by atoms with E-state index in [4.69, 9.17) is 4.98 Å². The lowest BCUT2D eigenvalue weighted by atomic mass is 9.90. The Kier molecular flexibility index (Phi) is 7.77. The van der Waals surface area contributed by atoms with E-state index < -0.39 is 0 Å². The van der Waals surface area contributed by atoms with E-state index in [0.717, 1.165) is 50.2 Å². The van der Waals surface area contributed by atoms with Gasteiger partial charge < -0.3 is 20.4 Å². The molecule has 1 unspecified atom stereocenters. The molecule has 0 spiro atoms. The van der Waals surface area contributed by atoms with Crippen molar-refractivity contribution in [3.63, 3.8) is 0 Å². The maximum atomic E-state index is 13.1. The first-order chi connectivity index (χ1) is 20.0. The zero-order chi connectivity index (χ0) is 28.3. The van der Waals surface area contributed by atoms with Gasteiger partial charge in [-0.3, -0.25) is 5.10 Å². The van der Waals surface area contributed by atoms with Crippen molar-refractivity contribution in [3.8, 4) is 6.07 Å². The van der Waals surface area contributed by atoms with Crippen LogP contribution in [0.2, 0.25) is 0 Å². The molecule has 1 atom stereocenters. The first-order valence-corrected chi connectivity index (χ1v) is 14.9. The molecule has 0 radical (unpaired) electrons. The van der Waals surface area contributed by atoms with Gasteiger partial charge in [0.1, 0.15) is 5.82 Å². The fourth-order valence-corrected chi connectivity index (χ4v) is 6.79. The Morgan fingerprint density at radius 1 is 0.976 bits per heavy atom. The molecule has 3 aromatic rings. The normalized spacial score (nSPS) is 22.1. The molecule has 41 heavy (non-hydrogen) atoms. The van der Waals surface area contributed by atoms with E-state index in [1.807, 2.05) is 36.2 Å². The number of nitrogens with one attached hydrogen (secondary N) is 3. The van der Waals surface area contributed by atoms with Crippen LogP contribution in [0.1, 0.15) is 79.7 Å². The van der Waals surface area contributed by atoms with Crippen LogP contribution in [-0.2, 0) is 12.8 Å². The van der Waals surface area contributed by atoms with Crippen molar-refractivity contribution >= 4 is 23.6 Å². The van der Waals surface area contributed by atoms with Crippen molar-refractivity contribution in [1.82, 2.24) is 30.4 Å². The van der Waals surface area contributed by atoms with Gasteiger partial charge in [-0.15, -0.1) is 0 Å². The minimum Gasteiger partial charge on any atom is -0.341 e. The number of hydrogen-bond donors (Lipinski definition) is 3. The zero-order valence-electron chi connectivity index (χ0n) is 23.9. The topological polar surface area (TPSA) is 126 Å². The molecule has 1 aromatic carbocycles. The summed E-state index contributed by atoms with van der Waals surface area (Å²) in [5.41, 5.74) is 4.27. The standard InChI is InChI=1S/C31H39N9O/c1-39(30-33-14-13-28(36-30)35-29-18-27(37-38-29)21-5-3-4-6-21)25-9-11-26(12-10-25)40(2)31(41)34-24-16-22-8-7-20(19-32)15-23(22)17-24/h7-8,13-15,18,21,24-26H,3-6,9-12,16-17H2,1-2H3,(H,34,41)(H2,33,35,36,37,38). The van der Waals surface area contributed by atoms with Crippen LogP contribution in [0.3, 0.4) is 0 Å². The average Bonchev–Trinajstić information content (AvgIpc) is 3.77. The second kappa shape index (κ2) is 11.8. The van der Waals surface area contributed by atoms with E-state index in [-0.39, 0.29) is 18.1 Å². The number of H-pyrrole nitrogens is 1. The van der Waals surface area contributed by atoms with Gasteiger partial charge in [-0.25, -0.2) is 9.78 Å². The number of urea groups is 1. The molecule has 2 fully saturated rings. The van der Waals surface area contributed by atoms with E-state index in [1.165, 1.54) is 42.5 Å². The van der Waals surface area contributed by atoms with Gasteiger partial charge in [0.2, 0.25) is 5.95 Å². The largest absolute Gasteiger partial charge is 0.341 e. The Labute approximate surface area is 241 Å². The number of benzene rings is 1. The fourth-order valence-electron chi connectivity index (χ4n) is 6.79. The van der Waals surface area contributed by atoms with Crippen molar-refractivity contribution in [2.45, 2.75) is 88.3 Å². The van der Waals surface area contributed by atoms with Crippen LogP contribution in [-0.4, -0.2) is 63.3 Å². The maximum absolute atomic E-state index is 13.1. The number of nitriles is 1. The Morgan fingerprint density at radius 3 is 2.51 bits per heavy atom. The molecule has 2 saturated carbocycles. The molecule has 0 bridgehead atoms. The minimum absolute atomic E-state index is 0.0170. The summed E-state index contributed by atoms with van der Waals surface area (Å²) in [4.78, 5) is 26.5. The summed E-state index contributed by atoms with van der Waals surface area (Å²) in [6.07, 6.45) is 12.2. The molecule has 2 aromatic heterocycles. The highest BCUT2D eigenvalue weighted by atomic mass is 16.2. The van der Waals surface area contributed by atoms with E-state index in [9.17, 15) is 10.1 Å². The van der Waals surface area contributed by atoms with Gasteiger partial charge >= 0.3 is 6.03 Å². The molecule has 0 aliphatic heterocycles. The number of rotatable bonds is 7. The number of carbonyl (C=O) groups is 1. The maximum Gasteiger partial charge on any atom is 0.317 e. The summed E-state index contributed by atoms with van der Waals surface area (Å²) in [5, 5.41) is 23.4. The van der Waals surface area contributed by atoms with Gasteiger partial charge in [0.15, 0.2) is 5.82 Å². The molecular weight excluding hydrogens is 514 g/mol. The average molecular weight is 554 g/mol. The summed E-state index contributed by atoms with van der Waals surface area (Å²) in [6, 6.07) is 12.6. The molecule has 10 nitrogen and oxygen atoms in total. The molecule has 214 valence electrons. The Bertz CT molecular complexity index is 1410. The van der Waals surface area contributed by atoms with Crippen LogP contribution in [0, 0.1) is 11.3 Å². The lowest BCUT2D eigenvalue weighted by Crippen LogP contribution is -2.50. The summed E-state index contributed by atoms with van der Waals surface area (Å²) in [7, 11) is 3.97. The van der Waals surface area contributed by atoms with Crippen LogP contribution in [0.5, 0.6) is 0 Å². The van der Waals surface area contributed by atoms with Gasteiger partial charge in [-0.05, 0) is 80.7 Å². The summed E-state index contributed by atoms with van der Waals surface area (Å²) in [5.74, 6) is 2.80. The Hall–Kier alpha value is -4.13. The molecule has 2 heterocycles. The minimum atomic E-state index is -0.0170. The monoisotopic (exact) mass is 553 g/mol. The number of hydrogen-bond acceptors (Lipinski definition) is 7. The third-order valence-corrected chi connectivity index (χ3v) is 9.28. The van der Waals surface area contributed by atoms with Crippen molar-refractivity contribution < 1.29 is 4.79 Å². The van der Waals surface area contributed by atoms with E-state index in [2.05, 4.69) is 49.9 Å². The number of amides is 2. The number of aromatic nitrogens is 4. The van der Waals surface area contributed by atoms with Crippen molar-refractivity contribution in [1.29, 1.82) is 5.26 Å². The van der Waals surface area contributed by atoms with Crippen molar-refractivity contribution in [3.05, 3.63) is 58.9 Å². The van der Waals surface area contributed by atoms with Gasteiger partial charge in [0.05, 0.1) is 11.6 Å². The first-order valence-electron chi connectivity index (χ1n) is 14.9. The highest BCUT2D eigenvalue weighted by Crippen LogP contribution is 2.34. The molecule has 6 rings (SSSR count). The highest BCUT2D eigenvalue weighted by Gasteiger charge is 2.31. The third-order valence-electron chi connectivity index (χ3n) is 9.28. The molecule has 10 heteroatoms. The van der Waals surface area contributed by atoms with E-state index in [0.29, 0.717) is 23.5 Å². The van der Waals surface area contributed by atoms with Crippen LogP contribution in [0.15, 0.2) is 36.5 Å². The van der Waals surface area contributed by atoms with Crippen LogP contribution >= 0.6 is 0 Å². The number of nitrogens with zero attached hydrogens (tertiary/aromatic N) is 6.